The third kappa shape index (κ3) is 1.71. The summed E-state index contributed by atoms with van der Waals surface area (Å²) in [6.45, 7) is 0. The van der Waals surface area contributed by atoms with Crippen molar-refractivity contribution >= 4 is 17.1 Å². The zero-order valence-electron chi connectivity index (χ0n) is 9.31. The van der Waals surface area contributed by atoms with Gasteiger partial charge in [-0.2, -0.15) is 0 Å². The van der Waals surface area contributed by atoms with Crippen molar-refractivity contribution in [2.45, 2.75) is 0 Å². The van der Waals surface area contributed by atoms with Crippen molar-refractivity contribution in [2.75, 3.05) is 24.9 Å². The van der Waals surface area contributed by atoms with Crippen LogP contribution in [0, 0.1) is 10.1 Å². The first kappa shape index (κ1) is 11.1. The van der Waals surface area contributed by atoms with E-state index in [1.165, 1.54) is 14.2 Å². The Hall–Kier alpha value is -2.44. The molecule has 2 rings (SSSR count). The van der Waals surface area contributed by atoms with E-state index in [-0.39, 0.29) is 11.4 Å². The monoisotopic (exact) mass is 237 g/mol. The van der Waals surface area contributed by atoms with Gasteiger partial charge >= 0.3 is 5.69 Å². The molecule has 0 saturated heterocycles. The zero-order valence-corrected chi connectivity index (χ0v) is 9.31. The zero-order chi connectivity index (χ0) is 12.4. The largest absolute Gasteiger partial charge is 0.493 e. The van der Waals surface area contributed by atoms with Gasteiger partial charge in [0.1, 0.15) is 5.69 Å². The molecule has 1 aliphatic heterocycles. The number of nitrogens with zero attached hydrogens (tertiary/aromatic N) is 1. The summed E-state index contributed by atoms with van der Waals surface area (Å²) in [5, 5.41) is 16.8. The van der Waals surface area contributed by atoms with Gasteiger partial charge in [-0.25, -0.2) is 0 Å². The topological polar surface area (TPSA) is 85.7 Å². The smallest absolute Gasteiger partial charge is 0.340 e. The predicted molar refractivity (Wildman–Crippen MR) is 62.6 cm³/mol. The molecule has 7 heteroatoms. The van der Waals surface area contributed by atoms with E-state index in [9.17, 15) is 10.1 Å². The van der Waals surface area contributed by atoms with Gasteiger partial charge < -0.3 is 20.1 Å². The molecule has 0 radical (unpaired) electrons. The highest BCUT2D eigenvalue weighted by molar-refractivity contribution is 5.87. The van der Waals surface area contributed by atoms with E-state index in [4.69, 9.17) is 9.47 Å². The average molecular weight is 237 g/mol. The lowest BCUT2D eigenvalue weighted by atomic mass is 10.1. The quantitative estimate of drug-likeness (QED) is 0.617. The fourth-order valence-corrected chi connectivity index (χ4v) is 1.67. The lowest BCUT2D eigenvalue weighted by Crippen LogP contribution is -2.08. The summed E-state index contributed by atoms with van der Waals surface area (Å²) in [6, 6.07) is 1.64. The van der Waals surface area contributed by atoms with Crippen LogP contribution in [-0.2, 0) is 0 Å². The standard InChI is InChI=1S/C10H11N3O4/c1-16-7-5-6-8(12-4-3-11-6)9(13(14)15)10(7)17-2/h3-5,11-12H,1-2H3. The minimum absolute atomic E-state index is 0.0980. The molecule has 0 amide bonds. The van der Waals surface area contributed by atoms with Crippen LogP contribution in [0.3, 0.4) is 0 Å². The molecule has 17 heavy (non-hydrogen) atoms. The highest BCUT2D eigenvalue weighted by atomic mass is 16.6. The summed E-state index contributed by atoms with van der Waals surface area (Å²) in [5.74, 6) is 0.406. The Morgan fingerprint density at radius 3 is 2.53 bits per heavy atom. The van der Waals surface area contributed by atoms with Crippen LogP contribution in [0.4, 0.5) is 17.1 Å². The number of benzene rings is 1. The first-order valence-corrected chi connectivity index (χ1v) is 4.80. The number of nitrogens with one attached hydrogen (secondary N) is 2. The van der Waals surface area contributed by atoms with Crippen molar-refractivity contribution in [2.24, 2.45) is 0 Å². The minimum atomic E-state index is -0.506. The Morgan fingerprint density at radius 1 is 1.24 bits per heavy atom. The van der Waals surface area contributed by atoms with Crippen LogP contribution in [0.1, 0.15) is 0 Å². The molecule has 0 bridgehead atoms. The summed E-state index contributed by atoms with van der Waals surface area (Å²) in [5.41, 5.74) is 0.769. The normalized spacial score (nSPS) is 12.1. The molecule has 2 N–H and O–H groups in total. The van der Waals surface area contributed by atoms with Gasteiger partial charge in [0.25, 0.3) is 0 Å². The van der Waals surface area contributed by atoms with Gasteiger partial charge in [0.15, 0.2) is 5.75 Å². The molecular weight excluding hydrogens is 226 g/mol. The number of fused-ring (bicyclic) bond motifs is 1. The Balaban J connectivity index is 2.71. The maximum absolute atomic E-state index is 11.1. The van der Waals surface area contributed by atoms with Crippen molar-refractivity contribution < 1.29 is 14.4 Å². The molecule has 0 fully saturated rings. The fraction of sp³-hybridized carbons (Fsp3) is 0.200. The van der Waals surface area contributed by atoms with Crippen LogP contribution in [-0.4, -0.2) is 19.1 Å². The van der Waals surface area contributed by atoms with Gasteiger partial charge in [-0.15, -0.1) is 0 Å². The number of hydrogen-bond acceptors (Lipinski definition) is 6. The highest BCUT2D eigenvalue weighted by Gasteiger charge is 2.29. The Morgan fingerprint density at radius 2 is 1.94 bits per heavy atom. The number of rotatable bonds is 3. The van der Waals surface area contributed by atoms with Crippen molar-refractivity contribution in [3.05, 3.63) is 28.6 Å². The molecule has 0 spiro atoms. The molecule has 1 aromatic rings. The van der Waals surface area contributed by atoms with Crippen LogP contribution < -0.4 is 20.1 Å². The second-order valence-electron chi connectivity index (χ2n) is 3.26. The Kier molecular flexibility index (Phi) is 2.73. The summed E-state index contributed by atoms with van der Waals surface area (Å²) >= 11 is 0. The van der Waals surface area contributed by atoms with Crippen molar-refractivity contribution in [1.82, 2.24) is 0 Å². The van der Waals surface area contributed by atoms with Crippen molar-refractivity contribution in [3.63, 3.8) is 0 Å². The molecule has 90 valence electrons. The summed E-state index contributed by atoms with van der Waals surface area (Å²) < 4.78 is 10.1. The van der Waals surface area contributed by atoms with Crippen molar-refractivity contribution in [3.8, 4) is 11.5 Å². The fourth-order valence-electron chi connectivity index (χ4n) is 1.67. The van der Waals surface area contributed by atoms with Crippen LogP contribution in [0.25, 0.3) is 0 Å². The average Bonchev–Trinajstić information content (AvgIpc) is 2.35. The molecule has 0 aliphatic carbocycles. The van der Waals surface area contributed by atoms with E-state index >= 15 is 0 Å². The second-order valence-corrected chi connectivity index (χ2v) is 3.26. The van der Waals surface area contributed by atoms with E-state index < -0.39 is 4.92 Å². The van der Waals surface area contributed by atoms with Crippen LogP contribution in [0.15, 0.2) is 18.5 Å². The third-order valence-electron chi connectivity index (χ3n) is 2.38. The van der Waals surface area contributed by atoms with E-state index in [1.807, 2.05) is 0 Å². The molecular formula is C10H11N3O4. The van der Waals surface area contributed by atoms with E-state index in [1.54, 1.807) is 18.5 Å². The maximum atomic E-state index is 11.1. The molecule has 0 atom stereocenters. The van der Waals surface area contributed by atoms with Crippen LogP contribution in [0.2, 0.25) is 0 Å². The molecule has 1 aromatic carbocycles. The SMILES string of the molecule is COc1cc2c(c([N+](=O)[O-])c1OC)NC=CN2. The number of nitro groups is 1. The number of methoxy groups -OCH3 is 2. The Labute approximate surface area is 97.2 Å². The van der Waals surface area contributed by atoms with Gasteiger partial charge in [0.2, 0.25) is 5.75 Å². The molecule has 1 heterocycles. The van der Waals surface area contributed by atoms with Crippen molar-refractivity contribution in [1.29, 1.82) is 0 Å². The van der Waals surface area contributed by atoms with Crippen LogP contribution >= 0.6 is 0 Å². The first-order chi connectivity index (χ1) is 8.19. The third-order valence-corrected chi connectivity index (χ3v) is 2.38. The van der Waals surface area contributed by atoms with Gasteiger partial charge in [0.05, 0.1) is 24.8 Å². The Bertz CT molecular complexity index is 499. The van der Waals surface area contributed by atoms with Gasteiger partial charge in [0, 0.05) is 18.5 Å². The number of anilines is 2. The predicted octanol–water partition coefficient (Wildman–Crippen LogP) is 1.92. The van der Waals surface area contributed by atoms with E-state index in [2.05, 4.69) is 10.6 Å². The maximum Gasteiger partial charge on any atom is 0.340 e. The van der Waals surface area contributed by atoms with E-state index in [0.717, 1.165) is 0 Å². The molecule has 0 aromatic heterocycles. The highest BCUT2D eigenvalue weighted by Crippen LogP contribution is 2.47. The van der Waals surface area contributed by atoms with Gasteiger partial charge in [-0.05, 0) is 0 Å². The lowest BCUT2D eigenvalue weighted by molar-refractivity contribution is -0.384. The second kappa shape index (κ2) is 4.20. The molecule has 1 aliphatic rings. The summed E-state index contributed by atoms with van der Waals surface area (Å²) in [7, 11) is 2.80. The number of ether oxygens (including phenoxy) is 2. The first-order valence-electron chi connectivity index (χ1n) is 4.80. The van der Waals surface area contributed by atoms with E-state index in [0.29, 0.717) is 17.1 Å². The van der Waals surface area contributed by atoms with Crippen LogP contribution in [0.5, 0.6) is 11.5 Å². The minimum Gasteiger partial charge on any atom is -0.493 e. The number of hydrogen-bond donors (Lipinski definition) is 2. The van der Waals surface area contributed by atoms with Gasteiger partial charge in [-0.1, -0.05) is 0 Å². The molecule has 7 nitrogen and oxygen atoms in total. The molecule has 0 saturated carbocycles. The number of nitro benzene ring substituents is 1. The molecule has 0 unspecified atom stereocenters. The van der Waals surface area contributed by atoms with Gasteiger partial charge in [-0.3, -0.25) is 10.1 Å². The summed E-state index contributed by atoms with van der Waals surface area (Å²) in [4.78, 5) is 10.6. The summed E-state index contributed by atoms with van der Waals surface area (Å²) in [6.07, 6.45) is 3.21. The lowest BCUT2D eigenvalue weighted by Gasteiger charge is -2.17.